The Balaban J connectivity index is 0.00000228. The van der Waals surface area contributed by atoms with Crippen molar-refractivity contribution in [2.45, 2.75) is 75.7 Å². The molecular formula is C32H44Cl2SiTi. The molecule has 0 radical (unpaired) electrons. The largest absolute Gasteiger partial charge is 0.147 e. The van der Waals surface area contributed by atoms with Crippen molar-refractivity contribution in [2.24, 2.45) is 0 Å². The molecule has 0 amide bonds. The Kier molecular flexibility index (Phi) is 11.3. The minimum Gasteiger partial charge on any atom is -0.147 e. The van der Waals surface area contributed by atoms with Gasteiger partial charge < -0.3 is 0 Å². The molecular weight excluding hydrogens is 531 g/mol. The average Bonchev–Trinajstić information content (AvgIpc) is 3.49. The number of hydrogen-bond donors (Lipinski definition) is 0. The van der Waals surface area contributed by atoms with Crippen LogP contribution in [0, 0.1) is 0 Å². The first-order valence-electron chi connectivity index (χ1n) is 13.4. The molecule has 2 aliphatic rings. The molecule has 0 unspecified atom stereocenters. The van der Waals surface area contributed by atoms with Gasteiger partial charge in [0.15, 0.2) is 0 Å². The third-order valence-electron chi connectivity index (χ3n) is 8.03. The summed E-state index contributed by atoms with van der Waals surface area (Å²) in [4.78, 5) is 0. The summed E-state index contributed by atoms with van der Waals surface area (Å²) < 4.78 is 3.68. The van der Waals surface area contributed by atoms with Gasteiger partial charge in [-0.05, 0) is 0 Å². The molecule has 2 aromatic rings. The van der Waals surface area contributed by atoms with E-state index >= 15 is 0 Å². The molecule has 0 bridgehead atoms. The topological polar surface area (TPSA) is 0 Å². The molecule has 36 heavy (non-hydrogen) atoms. The summed E-state index contributed by atoms with van der Waals surface area (Å²) in [6.07, 6.45) is 15.0. The maximum atomic E-state index is 2.72. The number of unbranched alkanes of at least 4 members (excludes halogenated alkanes) is 2. The van der Waals surface area contributed by atoms with E-state index in [1.807, 2.05) is 7.76 Å². The summed E-state index contributed by atoms with van der Waals surface area (Å²) in [6.45, 7) is 4.65. The van der Waals surface area contributed by atoms with Gasteiger partial charge in [0.05, 0.1) is 0 Å². The molecule has 4 heteroatoms. The monoisotopic (exact) mass is 574 g/mol. The first-order valence-corrected chi connectivity index (χ1v) is 22.1. The van der Waals surface area contributed by atoms with Gasteiger partial charge in [0, 0.05) is 0 Å². The van der Waals surface area contributed by atoms with E-state index in [1.54, 1.807) is 11.1 Å². The van der Waals surface area contributed by atoms with Crippen LogP contribution in [0.1, 0.15) is 76.3 Å². The molecule has 0 saturated heterocycles. The van der Waals surface area contributed by atoms with Crippen LogP contribution in [-0.4, -0.2) is 7.63 Å². The Labute approximate surface area is 234 Å². The van der Waals surface area contributed by atoms with Crippen LogP contribution < -0.4 is 0 Å². The standard InChI is InChI=1S/2C15H17.2CH3.2ClH.H2Si.Ti/c2*1-2-3-7-13-10-11-15(12-13)14-8-5-4-6-9-14;;;;;;/h2*4-6,8-9,12H,2-3,7,11H2,1H3;2*1H3;2*1H;1H2;. The van der Waals surface area contributed by atoms with Crippen molar-refractivity contribution in [3.63, 3.8) is 0 Å². The van der Waals surface area contributed by atoms with Gasteiger partial charge in [-0.1, -0.05) is 0 Å². The minimum atomic E-state index is -3.10. The van der Waals surface area contributed by atoms with Gasteiger partial charge in [-0.25, -0.2) is 0 Å². The second kappa shape index (κ2) is 13.1. The van der Waals surface area contributed by atoms with Crippen molar-refractivity contribution >= 4 is 43.6 Å². The zero-order valence-electron chi connectivity index (χ0n) is 22.6. The second-order valence-corrected chi connectivity index (χ2v) is 30.3. The van der Waals surface area contributed by atoms with E-state index in [4.69, 9.17) is 0 Å². The van der Waals surface area contributed by atoms with Gasteiger partial charge in [0.1, 0.15) is 0 Å². The molecule has 0 heterocycles. The summed E-state index contributed by atoms with van der Waals surface area (Å²) in [7, 11) is 2.43. The molecule has 0 aromatic heterocycles. The van der Waals surface area contributed by atoms with E-state index in [0.717, 1.165) is 12.8 Å². The van der Waals surface area contributed by atoms with Crippen LogP contribution in [0.5, 0.6) is 0 Å². The van der Waals surface area contributed by atoms with Crippen LogP contribution in [-0.2, 0) is 14.0 Å². The maximum Gasteiger partial charge on any atom is -0.147 e. The molecule has 0 atom stereocenters. The molecule has 2 aliphatic carbocycles. The van der Waals surface area contributed by atoms with Gasteiger partial charge in [-0.15, -0.1) is 24.8 Å². The maximum absolute atomic E-state index is 3.10. The Hall–Kier alpha value is -1.09. The minimum absolute atomic E-state index is 0. The molecule has 0 saturated carbocycles. The molecule has 194 valence electrons. The fourth-order valence-corrected chi connectivity index (χ4v) is 15.6. The van der Waals surface area contributed by atoms with Crippen molar-refractivity contribution in [2.75, 3.05) is 0 Å². The van der Waals surface area contributed by atoms with Crippen molar-refractivity contribution in [3.8, 4) is 0 Å². The van der Waals surface area contributed by atoms with Crippen molar-refractivity contribution < 1.29 is 14.0 Å². The number of allylic oxidation sites excluding steroid dienone is 8. The predicted octanol–water partition coefficient (Wildman–Crippen LogP) is 10.0. The molecule has 0 spiro atoms. The third-order valence-corrected chi connectivity index (χ3v) is 19.2. The zero-order valence-corrected chi connectivity index (χ0v) is 27.2. The fourth-order valence-electron chi connectivity index (χ4n) is 5.94. The molecule has 0 aliphatic heterocycles. The molecule has 0 fully saturated rings. The third kappa shape index (κ3) is 6.66. The van der Waals surface area contributed by atoms with E-state index < -0.39 is 14.0 Å². The average molecular weight is 576 g/mol. The van der Waals surface area contributed by atoms with Crippen molar-refractivity contribution in [1.82, 2.24) is 0 Å². The first kappa shape index (κ1) is 31.1. The van der Waals surface area contributed by atoms with E-state index in [2.05, 4.69) is 105 Å². The molecule has 2 aromatic carbocycles. The SMILES string of the molecule is CCCCC1=[C]([Ti]([CH3])([CH3])(=[SiH2])[C]2=C(CCCC)C=C(c3ccccc3)C2)CC(c2ccccc2)=C1.Cl.Cl. The Morgan fingerprint density at radius 3 is 1.33 bits per heavy atom. The van der Waals surface area contributed by atoms with Crippen LogP contribution in [0.3, 0.4) is 0 Å². The second-order valence-electron chi connectivity index (χ2n) is 11.3. The van der Waals surface area contributed by atoms with Gasteiger partial charge in [-0.2, -0.15) is 0 Å². The Bertz CT molecular complexity index is 1140. The van der Waals surface area contributed by atoms with E-state index in [-0.39, 0.29) is 24.8 Å². The van der Waals surface area contributed by atoms with E-state index in [9.17, 15) is 0 Å². The van der Waals surface area contributed by atoms with Crippen LogP contribution in [0.4, 0.5) is 0 Å². The summed E-state index contributed by atoms with van der Waals surface area (Å²) >= 11 is -3.10. The van der Waals surface area contributed by atoms with E-state index in [0.29, 0.717) is 0 Å². The number of halogens is 2. The molecule has 4 rings (SSSR count). The van der Waals surface area contributed by atoms with Crippen LogP contribution in [0.2, 0.25) is 10.5 Å². The summed E-state index contributed by atoms with van der Waals surface area (Å²) in [6, 6.07) is 22.2. The number of rotatable bonds is 10. The fraction of sp³-hybridized carbons (Fsp3) is 0.375. The van der Waals surface area contributed by atoms with Gasteiger partial charge in [0.25, 0.3) is 0 Å². The smallest absolute Gasteiger partial charge is 0.147 e. The van der Waals surface area contributed by atoms with E-state index in [1.165, 1.54) is 60.8 Å². The zero-order chi connectivity index (χ0) is 24.2. The Morgan fingerprint density at radius 2 is 1.00 bits per heavy atom. The summed E-state index contributed by atoms with van der Waals surface area (Å²) in [5.41, 5.74) is 9.25. The van der Waals surface area contributed by atoms with Gasteiger partial charge >= 0.3 is 211 Å². The number of benzene rings is 2. The summed E-state index contributed by atoms with van der Waals surface area (Å²) in [5, 5.41) is 5.45. The van der Waals surface area contributed by atoms with Crippen LogP contribution in [0.25, 0.3) is 11.1 Å². The van der Waals surface area contributed by atoms with Crippen molar-refractivity contribution in [3.05, 3.63) is 103 Å². The van der Waals surface area contributed by atoms with Crippen molar-refractivity contribution in [1.29, 1.82) is 0 Å². The van der Waals surface area contributed by atoms with Crippen LogP contribution in [0.15, 0.2) is 91.7 Å². The Morgan fingerprint density at radius 1 is 0.639 bits per heavy atom. The van der Waals surface area contributed by atoms with Gasteiger partial charge in [0.2, 0.25) is 0 Å². The normalized spacial score (nSPS) is 15.9. The quantitative estimate of drug-likeness (QED) is 0.247. The molecule has 0 nitrogen and oxygen atoms in total. The molecule has 0 N–H and O–H groups in total. The first-order chi connectivity index (χ1) is 16.3. The predicted molar refractivity (Wildman–Crippen MR) is 166 cm³/mol. The van der Waals surface area contributed by atoms with Gasteiger partial charge in [-0.3, -0.25) is 0 Å². The summed E-state index contributed by atoms with van der Waals surface area (Å²) in [5.74, 6) is 0. The number of hydrogen-bond acceptors (Lipinski definition) is 0. The van der Waals surface area contributed by atoms with Crippen LogP contribution >= 0.6 is 24.8 Å².